The number of anilines is 1. The molecule has 2 aromatic carbocycles. The maximum atomic E-state index is 12.3. The molecule has 1 saturated heterocycles. The van der Waals surface area contributed by atoms with Gasteiger partial charge in [0.25, 0.3) is 5.91 Å². The maximum Gasteiger partial charge on any atom is 0.251 e. The van der Waals surface area contributed by atoms with Crippen LogP contribution in [0.4, 0.5) is 5.69 Å². The molecule has 1 aliphatic heterocycles. The van der Waals surface area contributed by atoms with Gasteiger partial charge in [-0.05, 0) is 55.9 Å². The summed E-state index contributed by atoms with van der Waals surface area (Å²) in [6.07, 6.45) is 1.50. The van der Waals surface area contributed by atoms with Gasteiger partial charge in [-0.2, -0.15) is 0 Å². The van der Waals surface area contributed by atoms with Crippen LogP contribution in [0.25, 0.3) is 0 Å². The highest BCUT2D eigenvalue weighted by atomic mass is 16.2. The number of carbonyl (C=O) groups excluding carboxylic acids is 2. The van der Waals surface area contributed by atoms with Gasteiger partial charge in [0.2, 0.25) is 5.91 Å². The largest absolute Gasteiger partial charge is 0.348 e. The SMILES string of the molecule is CN(C)Cc1ccc(CNC(=O)c2ccc(N3CCCC3=O)cc2)cc1. The summed E-state index contributed by atoms with van der Waals surface area (Å²) in [4.78, 5) is 28.0. The molecular formula is C21H25N3O2. The number of nitrogens with one attached hydrogen (secondary N) is 1. The lowest BCUT2D eigenvalue weighted by Gasteiger charge is -2.15. The lowest BCUT2D eigenvalue weighted by atomic mass is 10.1. The van der Waals surface area contributed by atoms with E-state index < -0.39 is 0 Å². The van der Waals surface area contributed by atoms with Gasteiger partial charge in [0.15, 0.2) is 0 Å². The molecule has 5 nitrogen and oxygen atoms in total. The van der Waals surface area contributed by atoms with Gasteiger partial charge < -0.3 is 15.1 Å². The third kappa shape index (κ3) is 4.49. The molecule has 136 valence electrons. The first-order valence-corrected chi connectivity index (χ1v) is 8.94. The summed E-state index contributed by atoms with van der Waals surface area (Å²) in [5, 5.41) is 2.94. The van der Waals surface area contributed by atoms with Crippen molar-refractivity contribution in [1.29, 1.82) is 0 Å². The normalized spacial score (nSPS) is 14.1. The van der Waals surface area contributed by atoms with E-state index in [4.69, 9.17) is 0 Å². The van der Waals surface area contributed by atoms with Crippen LogP contribution in [0.5, 0.6) is 0 Å². The van der Waals surface area contributed by atoms with Crippen LogP contribution < -0.4 is 10.2 Å². The molecule has 0 unspecified atom stereocenters. The van der Waals surface area contributed by atoms with Crippen LogP contribution in [0.15, 0.2) is 48.5 Å². The first-order valence-electron chi connectivity index (χ1n) is 8.94. The minimum Gasteiger partial charge on any atom is -0.348 e. The molecule has 0 saturated carbocycles. The van der Waals surface area contributed by atoms with Gasteiger partial charge in [0.05, 0.1) is 0 Å². The molecule has 0 atom stereocenters. The van der Waals surface area contributed by atoms with Crippen LogP contribution in [-0.4, -0.2) is 37.4 Å². The van der Waals surface area contributed by atoms with Crippen molar-refractivity contribution in [2.24, 2.45) is 0 Å². The Bertz CT molecular complexity index is 767. The number of hydrogen-bond donors (Lipinski definition) is 1. The van der Waals surface area contributed by atoms with Crippen molar-refractivity contribution in [2.45, 2.75) is 25.9 Å². The fourth-order valence-electron chi connectivity index (χ4n) is 3.13. The van der Waals surface area contributed by atoms with Gasteiger partial charge in [-0.1, -0.05) is 24.3 Å². The molecule has 0 aromatic heterocycles. The lowest BCUT2D eigenvalue weighted by Crippen LogP contribution is -2.25. The van der Waals surface area contributed by atoms with Crippen molar-refractivity contribution in [3.63, 3.8) is 0 Å². The summed E-state index contributed by atoms with van der Waals surface area (Å²) < 4.78 is 0. The predicted octanol–water partition coefficient (Wildman–Crippen LogP) is 2.81. The molecule has 0 spiro atoms. The van der Waals surface area contributed by atoms with Gasteiger partial charge in [-0.15, -0.1) is 0 Å². The Morgan fingerprint density at radius 2 is 1.69 bits per heavy atom. The molecule has 5 heteroatoms. The van der Waals surface area contributed by atoms with E-state index in [1.807, 2.05) is 38.4 Å². The number of rotatable bonds is 6. The Morgan fingerprint density at radius 3 is 2.27 bits per heavy atom. The summed E-state index contributed by atoms with van der Waals surface area (Å²) >= 11 is 0. The minimum absolute atomic E-state index is 0.110. The van der Waals surface area contributed by atoms with Gasteiger partial charge in [-0.25, -0.2) is 0 Å². The van der Waals surface area contributed by atoms with Crippen molar-refractivity contribution in [3.8, 4) is 0 Å². The monoisotopic (exact) mass is 351 g/mol. The van der Waals surface area contributed by atoms with Crippen molar-refractivity contribution < 1.29 is 9.59 Å². The Hall–Kier alpha value is -2.66. The van der Waals surface area contributed by atoms with Crippen LogP contribution in [-0.2, 0) is 17.9 Å². The van der Waals surface area contributed by atoms with Crippen molar-refractivity contribution in [1.82, 2.24) is 10.2 Å². The Balaban J connectivity index is 1.55. The average Bonchev–Trinajstić information content (AvgIpc) is 3.06. The van der Waals surface area contributed by atoms with Gasteiger partial charge in [-0.3, -0.25) is 9.59 Å². The number of nitrogens with zero attached hydrogens (tertiary/aromatic N) is 2. The van der Waals surface area contributed by atoms with Crippen LogP contribution in [0.3, 0.4) is 0 Å². The topological polar surface area (TPSA) is 52.7 Å². The Labute approximate surface area is 154 Å². The second-order valence-corrected chi connectivity index (χ2v) is 6.93. The fourth-order valence-corrected chi connectivity index (χ4v) is 3.13. The molecule has 0 aliphatic carbocycles. The van der Waals surface area contributed by atoms with Crippen LogP contribution in [0.2, 0.25) is 0 Å². The van der Waals surface area contributed by atoms with Crippen LogP contribution in [0.1, 0.15) is 34.3 Å². The quantitative estimate of drug-likeness (QED) is 0.871. The Morgan fingerprint density at radius 1 is 1.04 bits per heavy atom. The van der Waals surface area contributed by atoms with E-state index in [1.165, 1.54) is 5.56 Å². The second kappa shape index (κ2) is 8.15. The van der Waals surface area contributed by atoms with Crippen LogP contribution in [0, 0.1) is 0 Å². The molecule has 3 rings (SSSR count). The summed E-state index contributed by atoms with van der Waals surface area (Å²) in [5.41, 5.74) is 3.78. The van der Waals surface area contributed by atoms with Crippen molar-refractivity contribution in [2.75, 3.05) is 25.5 Å². The zero-order valence-corrected chi connectivity index (χ0v) is 15.4. The number of carbonyl (C=O) groups is 2. The van der Waals surface area contributed by atoms with E-state index in [-0.39, 0.29) is 11.8 Å². The van der Waals surface area contributed by atoms with Crippen molar-refractivity contribution in [3.05, 3.63) is 65.2 Å². The Kier molecular flexibility index (Phi) is 5.68. The minimum atomic E-state index is -0.110. The second-order valence-electron chi connectivity index (χ2n) is 6.93. The van der Waals surface area contributed by atoms with Crippen molar-refractivity contribution >= 4 is 17.5 Å². The molecule has 1 aliphatic rings. The summed E-state index contributed by atoms with van der Waals surface area (Å²) in [6, 6.07) is 15.5. The zero-order valence-electron chi connectivity index (χ0n) is 15.4. The maximum absolute atomic E-state index is 12.3. The summed E-state index contributed by atoms with van der Waals surface area (Å²) in [6.45, 7) is 2.15. The zero-order chi connectivity index (χ0) is 18.5. The fraction of sp³-hybridized carbons (Fsp3) is 0.333. The van der Waals surface area contributed by atoms with Crippen LogP contribution >= 0.6 is 0 Å². The summed E-state index contributed by atoms with van der Waals surface area (Å²) in [5.74, 6) is 0.0431. The summed E-state index contributed by atoms with van der Waals surface area (Å²) in [7, 11) is 4.08. The van der Waals surface area contributed by atoms with E-state index in [0.29, 0.717) is 18.5 Å². The average molecular weight is 351 g/mol. The number of benzene rings is 2. The molecule has 1 fully saturated rings. The van der Waals surface area contributed by atoms with Gasteiger partial charge in [0.1, 0.15) is 0 Å². The molecule has 26 heavy (non-hydrogen) atoms. The molecule has 2 amide bonds. The lowest BCUT2D eigenvalue weighted by molar-refractivity contribution is -0.117. The molecule has 1 N–H and O–H groups in total. The molecule has 0 radical (unpaired) electrons. The van der Waals surface area contributed by atoms with E-state index in [1.54, 1.807) is 17.0 Å². The predicted molar refractivity (Wildman–Crippen MR) is 103 cm³/mol. The van der Waals surface area contributed by atoms with Gasteiger partial charge >= 0.3 is 0 Å². The molecule has 1 heterocycles. The standard InChI is InChI=1S/C21H25N3O2/c1-23(2)15-17-7-5-16(6-8-17)14-22-21(26)18-9-11-19(12-10-18)24-13-3-4-20(24)25/h5-12H,3-4,13-15H2,1-2H3,(H,22,26). The first kappa shape index (κ1) is 18.1. The van der Waals surface area contributed by atoms with E-state index >= 15 is 0 Å². The van der Waals surface area contributed by atoms with Gasteiger partial charge in [0, 0.05) is 37.3 Å². The number of amides is 2. The molecular weight excluding hydrogens is 326 g/mol. The van der Waals surface area contributed by atoms with E-state index in [2.05, 4.69) is 22.3 Å². The number of hydrogen-bond acceptors (Lipinski definition) is 3. The van der Waals surface area contributed by atoms with E-state index in [0.717, 1.165) is 30.8 Å². The third-order valence-corrected chi connectivity index (χ3v) is 4.49. The smallest absolute Gasteiger partial charge is 0.251 e. The molecule has 2 aromatic rings. The first-order chi connectivity index (χ1) is 12.5. The molecule has 0 bridgehead atoms. The highest BCUT2D eigenvalue weighted by Gasteiger charge is 2.21. The third-order valence-electron chi connectivity index (χ3n) is 4.49. The van der Waals surface area contributed by atoms with E-state index in [9.17, 15) is 9.59 Å². The highest BCUT2D eigenvalue weighted by molar-refractivity contribution is 5.97. The highest BCUT2D eigenvalue weighted by Crippen LogP contribution is 2.21.